The molecule has 0 aliphatic carbocycles. The molecule has 1 amide bonds. The van der Waals surface area contributed by atoms with E-state index in [-0.39, 0.29) is 23.2 Å². The van der Waals surface area contributed by atoms with Crippen LogP contribution in [0.1, 0.15) is 18.2 Å². The molecule has 100 valence electrons. The van der Waals surface area contributed by atoms with Crippen molar-refractivity contribution in [3.63, 3.8) is 0 Å². The van der Waals surface area contributed by atoms with Gasteiger partial charge < -0.3 is 10.3 Å². The van der Waals surface area contributed by atoms with Crippen LogP contribution in [0.2, 0.25) is 0 Å². The van der Waals surface area contributed by atoms with E-state index in [9.17, 15) is 13.2 Å². The van der Waals surface area contributed by atoms with Gasteiger partial charge in [-0.25, -0.2) is 8.42 Å². The predicted octanol–water partition coefficient (Wildman–Crippen LogP) is -0.705. The van der Waals surface area contributed by atoms with E-state index in [4.69, 9.17) is 5.73 Å². The molecule has 0 radical (unpaired) electrons. The summed E-state index contributed by atoms with van der Waals surface area (Å²) in [5, 5.41) is 8.55. The standard InChI is InChI=1S/C9H14N4O3S2/c1-13-8(6-2-3-18(15,16)5-6)11-12-9(13)17-4-7(10)14/h6H,2-5H2,1H3,(H2,10,14)/t6-/m1/s1. The van der Waals surface area contributed by atoms with E-state index < -0.39 is 15.7 Å². The Morgan fingerprint density at radius 3 is 2.83 bits per heavy atom. The van der Waals surface area contributed by atoms with Gasteiger partial charge in [0, 0.05) is 13.0 Å². The quantitative estimate of drug-likeness (QED) is 0.734. The maximum atomic E-state index is 11.4. The van der Waals surface area contributed by atoms with Gasteiger partial charge in [-0.15, -0.1) is 10.2 Å². The van der Waals surface area contributed by atoms with Crippen LogP contribution in [0.15, 0.2) is 5.16 Å². The summed E-state index contributed by atoms with van der Waals surface area (Å²) >= 11 is 1.20. The average molecular weight is 290 g/mol. The monoisotopic (exact) mass is 290 g/mol. The number of primary amides is 1. The van der Waals surface area contributed by atoms with E-state index in [1.165, 1.54) is 11.8 Å². The third-order valence-electron chi connectivity index (χ3n) is 2.81. The number of aromatic nitrogens is 3. The summed E-state index contributed by atoms with van der Waals surface area (Å²) in [6, 6.07) is 0. The number of nitrogens with zero attached hydrogens (tertiary/aromatic N) is 3. The fourth-order valence-electron chi connectivity index (χ4n) is 1.94. The molecule has 1 fully saturated rings. The summed E-state index contributed by atoms with van der Waals surface area (Å²) in [7, 11) is -1.17. The van der Waals surface area contributed by atoms with Gasteiger partial charge in [-0.05, 0) is 6.42 Å². The zero-order valence-electron chi connectivity index (χ0n) is 9.87. The van der Waals surface area contributed by atoms with Gasteiger partial charge >= 0.3 is 0 Å². The van der Waals surface area contributed by atoms with Gasteiger partial charge in [-0.1, -0.05) is 11.8 Å². The van der Waals surface area contributed by atoms with Crippen molar-refractivity contribution in [2.24, 2.45) is 12.8 Å². The molecule has 2 N–H and O–H groups in total. The lowest BCUT2D eigenvalue weighted by Gasteiger charge is -2.07. The van der Waals surface area contributed by atoms with Gasteiger partial charge in [0.15, 0.2) is 15.0 Å². The minimum absolute atomic E-state index is 0.101. The molecule has 18 heavy (non-hydrogen) atoms. The first-order valence-corrected chi connectivity index (χ1v) is 8.20. The first kappa shape index (κ1) is 13.3. The zero-order chi connectivity index (χ0) is 13.3. The summed E-state index contributed by atoms with van der Waals surface area (Å²) in [6.45, 7) is 0. The fourth-order valence-corrected chi connectivity index (χ4v) is 4.34. The maximum absolute atomic E-state index is 11.4. The fraction of sp³-hybridized carbons (Fsp3) is 0.667. The maximum Gasteiger partial charge on any atom is 0.227 e. The van der Waals surface area contributed by atoms with Crippen LogP contribution in [0.25, 0.3) is 0 Å². The van der Waals surface area contributed by atoms with Crippen molar-refractivity contribution < 1.29 is 13.2 Å². The van der Waals surface area contributed by atoms with Crippen LogP contribution in [-0.4, -0.2) is 46.3 Å². The van der Waals surface area contributed by atoms with Crippen molar-refractivity contribution in [1.82, 2.24) is 14.8 Å². The topological polar surface area (TPSA) is 108 Å². The van der Waals surface area contributed by atoms with Crippen molar-refractivity contribution in [3.05, 3.63) is 5.82 Å². The van der Waals surface area contributed by atoms with E-state index in [1.54, 1.807) is 11.6 Å². The zero-order valence-corrected chi connectivity index (χ0v) is 11.5. The highest BCUT2D eigenvalue weighted by molar-refractivity contribution is 7.99. The lowest BCUT2D eigenvalue weighted by atomic mass is 10.1. The Morgan fingerprint density at radius 1 is 1.56 bits per heavy atom. The third-order valence-corrected chi connectivity index (χ3v) is 5.62. The van der Waals surface area contributed by atoms with Crippen LogP contribution < -0.4 is 5.73 Å². The average Bonchev–Trinajstić information content (AvgIpc) is 2.79. The van der Waals surface area contributed by atoms with Gasteiger partial charge in [-0.2, -0.15) is 0 Å². The summed E-state index contributed by atoms with van der Waals surface area (Å²) in [5.41, 5.74) is 5.06. The first-order chi connectivity index (χ1) is 8.39. The Morgan fingerprint density at radius 2 is 2.28 bits per heavy atom. The Bertz CT molecular complexity index is 566. The van der Waals surface area contributed by atoms with Gasteiger partial charge in [0.2, 0.25) is 5.91 Å². The number of hydrogen-bond donors (Lipinski definition) is 1. The molecule has 1 atom stereocenters. The van der Waals surface area contributed by atoms with Gasteiger partial charge in [0.1, 0.15) is 5.82 Å². The van der Waals surface area contributed by atoms with E-state index >= 15 is 0 Å². The van der Waals surface area contributed by atoms with Gasteiger partial charge in [0.05, 0.1) is 17.3 Å². The number of thioether (sulfide) groups is 1. The van der Waals surface area contributed by atoms with Crippen LogP contribution in [-0.2, 0) is 21.7 Å². The summed E-state index contributed by atoms with van der Waals surface area (Å²) in [5.74, 6) is 0.592. The number of hydrogen-bond acceptors (Lipinski definition) is 6. The Kier molecular flexibility index (Phi) is 3.62. The van der Waals surface area contributed by atoms with Crippen LogP contribution in [0.3, 0.4) is 0 Å². The molecule has 1 saturated heterocycles. The number of rotatable bonds is 4. The lowest BCUT2D eigenvalue weighted by molar-refractivity contribution is -0.115. The van der Waals surface area contributed by atoms with E-state index in [1.807, 2.05) is 0 Å². The Labute approximate surface area is 109 Å². The van der Waals surface area contributed by atoms with Crippen molar-refractivity contribution in [2.45, 2.75) is 17.5 Å². The van der Waals surface area contributed by atoms with E-state index in [0.717, 1.165) is 0 Å². The highest BCUT2D eigenvalue weighted by Gasteiger charge is 2.32. The molecule has 0 unspecified atom stereocenters. The number of amides is 1. The van der Waals surface area contributed by atoms with Crippen LogP contribution in [0.4, 0.5) is 0 Å². The van der Waals surface area contributed by atoms with Gasteiger partial charge in [0.25, 0.3) is 0 Å². The normalized spacial score (nSPS) is 22.2. The molecule has 2 heterocycles. The molecule has 9 heteroatoms. The highest BCUT2D eigenvalue weighted by atomic mass is 32.2. The third kappa shape index (κ3) is 2.83. The van der Waals surface area contributed by atoms with Crippen LogP contribution >= 0.6 is 11.8 Å². The second-order valence-corrected chi connectivity index (χ2v) is 7.43. The first-order valence-electron chi connectivity index (χ1n) is 5.40. The smallest absolute Gasteiger partial charge is 0.227 e. The minimum Gasteiger partial charge on any atom is -0.369 e. The minimum atomic E-state index is -2.94. The number of carbonyl (C=O) groups excluding carboxylic acids is 1. The van der Waals surface area contributed by atoms with Crippen LogP contribution in [0.5, 0.6) is 0 Å². The Balaban J connectivity index is 2.14. The molecule has 1 aliphatic rings. The molecular formula is C9H14N4O3S2. The molecule has 0 spiro atoms. The number of nitrogens with two attached hydrogens (primary N) is 1. The van der Waals surface area contributed by atoms with Crippen LogP contribution in [0, 0.1) is 0 Å². The molecule has 1 aromatic heterocycles. The summed E-state index contributed by atoms with van der Waals surface area (Å²) in [4.78, 5) is 10.7. The van der Waals surface area contributed by atoms with Crippen molar-refractivity contribution in [1.29, 1.82) is 0 Å². The molecule has 7 nitrogen and oxygen atoms in total. The van der Waals surface area contributed by atoms with E-state index in [0.29, 0.717) is 17.4 Å². The number of sulfone groups is 1. The molecule has 1 aromatic rings. The Hall–Kier alpha value is -1.09. The predicted molar refractivity (Wildman–Crippen MR) is 66.9 cm³/mol. The highest BCUT2D eigenvalue weighted by Crippen LogP contribution is 2.29. The van der Waals surface area contributed by atoms with Crippen molar-refractivity contribution >= 4 is 27.5 Å². The SMILES string of the molecule is Cn1c(SCC(N)=O)nnc1[C@@H]1CCS(=O)(=O)C1. The second-order valence-electron chi connectivity index (χ2n) is 4.25. The number of carbonyl (C=O) groups is 1. The second kappa shape index (κ2) is 4.88. The molecular weight excluding hydrogens is 276 g/mol. The van der Waals surface area contributed by atoms with Crippen molar-refractivity contribution in [2.75, 3.05) is 17.3 Å². The van der Waals surface area contributed by atoms with Crippen molar-refractivity contribution in [3.8, 4) is 0 Å². The molecule has 1 aliphatic heterocycles. The molecule has 0 saturated carbocycles. The summed E-state index contributed by atoms with van der Waals surface area (Å²) < 4.78 is 24.6. The van der Waals surface area contributed by atoms with E-state index in [2.05, 4.69) is 10.2 Å². The summed E-state index contributed by atoms with van der Waals surface area (Å²) in [6.07, 6.45) is 0.578. The lowest BCUT2D eigenvalue weighted by Crippen LogP contribution is -2.14. The largest absolute Gasteiger partial charge is 0.369 e. The molecule has 2 rings (SSSR count). The molecule has 0 aromatic carbocycles. The molecule has 0 bridgehead atoms. The van der Waals surface area contributed by atoms with Gasteiger partial charge in [-0.3, -0.25) is 4.79 Å².